The Morgan fingerprint density at radius 2 is 2.09 bits per heavy atom. The molecule has 0 saturated heterocycles. The second kappa shape index (κ2) is 10.4. The Kier molecular flexibility index (Phi) is 7.37. The third-order valence-corrected chi connectivity index (χ3v) is 6.64. The maximum Gasteiger partial charge on any atom is 0.416 e. The van der Waals surface area contributed by atoms with Gasteiger partial charge in [-0.2, -0.15) is 13.2 Å². The number of halogens is 3. The molecule has 2 aromatic heterocycles. The molecule has 0 saturated carbocycles. The van der Waals surface area contributed by atoms with E-state index in [1.165, 1.54) is 36.2 Å². The number of pyridine rings is 1. The molecule has 0 aliphatic heterocycles. The molecule has 2 heterocycles. The van der Waals surface area contributed by atoms with Gasteiger partial charge in [-0.05, 0) is 49.8 Å². The van der Waals surface area contributed by atoms with Gasteiger partial charge in [-0.15, -0.1) is 0 Å². The van der Waals surface area contributed by atoms with Crippen molar-refractivity contribution in [3.8, 4) is 0 Å². The minimum absolute atomic E-state index is 0.0756. The zero-order valence-electron chi connectivity index (χ0n) is 18.1. The fraction of sp³-hybridized carbons (Fsp3) is 0.375. The number of amides is 1. The molecule has 33 heavy (non-hydrogen) atoms. The topological polar surface area (TPSA) is 59.8 Å². The third kappa shape index (κ3) is 6.16. The molecule has 174 valence electrons. The number of aromatic nitrogens is 3. The molecule has 1 amide bonds. The van der Waals surface area contributed by atoms with Crippen LogP contribution >= 0.6 is 11.8 Å². The summed E-state index contributed by atoms with van der Waals surface area (Å²) in [6.45, 7) is 0.661. The molecule has 0 bridgehead atoms. The van der Waals surface area contributed by atoms with E-state index in [2.05, 4.69) is 21.4 Å². The van der Waals surface area contributed by atoms with Gasteiger partial charge in [0.1, 0.15) is 6.54 Å². The molecule has 0 fully saturated rings. The highest BCUT2D eigenvalue weighted by molar-refractivity contribution is 7.98. The molecule has 0 spiro atoms. The Hall–Kier alpha value is -2.81. The summed E-state index contributed by atoms with van der Waals surface area (Å²) in [5, 5.41) is 3.54. The summed E-state index contributed by atoms with van der Waals surface area (Å²) in [5.41, 5.74) is 2.67. The van der Waals surface area contributed by atoms with Crippen molar-refractivity contribution in [2.75, 3.05) is 6.54 Å². The Bertz CT molecular complexity index is 1160. The van der Waals surface area contributed by atoms with Crippen molar-refractivity contribution in [3.63, 3.8) is 0 Å². The predicted molar refractivity (Wildman–Crippen MR) is 123 cm³/mol. The molecule has 1 N–H and O–H groups in total. The number of carbonyl (C=O) groups is 1. The summed E-state index contributed by atoms with van der Waals surface area (Å²) in [6.07, 6.45) is 6.68. The summed E-state index contributed by atoms with van der Waals surface area (Å²) in [7, 11) is 0. The van der Waals surface area contributed by atoms with E-state index in [1.807, 2.05) is 0 Å². The standard InChI is InChI=1S/C24H25F3N4OS/c25-24(26,27)19-8-4-7-18(13-19)16-33-23-30-20-10-11-28-14-21(20)31(23)15-22(32)29-12-9-17-5-2-1-3-6-17/h4-5,7-8,10-11,13-14H,1-3,6,9,12,15-16H2,(H,29,32). The molecule has 0 unspecified atom stereocenters. The van der Waals surface area contributed by atoms with Crippen molar-refractivity contribution in [1.29, 1.82) is 0 Å². The molecule has 9 heteroatoms. The van der Waals surface area contributed by atoms with Gasteiger partial charge in [0.2, 0.25) is 5.91 Å². The number of hydrogen-bond donors (Lipinski definition) is 1. The maximum absolute atomic E-state index is 13.0. The zero-order valence-corrected chi connectivity index (χ0v) is 18.9. The fourth-order valence-corrected chi connectivity index (χ4v) is 4.85. The lowest BCUT2D eigenvalue weighted by Gasteiger charge is -2.14. The smallest absolute Gasteiger partial charge is 0.354 e. The van der Waals surface area contributed by atoms with Gasteiger partial charge < -0.3 is 9.88 Å². The summed E-state index contributed by atoms with van der Waals surface area (Å²) >= 11 is 1.30. The van der Waals surface area contributed by atoms with Crippen LogP contribution in [0.15, 0.2) is 59.5 Å². The molecule has 0 radical (unpaired) electrons. The number of thioether (sulfide) groups is 1. The number of carbonyl (C=O) groups excluding carboxylic acids is 1. The van der Waals surface area contributed by atoms with Gasteiger partial charge in [-0.25, -0.2) is 4.98 Å². The predicted octanol–water partition coefficient (Wildman–Crippen LogP) is 5.75. The minimum atomic E-state index is -4.38. The Labute approximate surface area is 194 Å². The molecule has 4 rings (SSSR count). The van der Waals surface area contributed by atoms with Crippen LogP contribution in [-0.4, -0.2) is 27.0 Å². The summed E-state index contributed by atoms with van der Waals surface area (Å²) in [6, 6.07) is 7.02. The van der Waals surface area contributed by atoms with Crippen molar-refractivity contribution < 1.29 is 18.0 Å². The fourth-order valence-electron chi connectivity index (χ4n) is 3.89. The lowest BCUT2D eigenvalue weighted by atomic mass is 9.97. The number of fused-ring (bicyclic) bond motifs is 1. The summed E-state index contributed by atoms with van der Waals surface area (Å²) in [4.78, 5) is 21.4. The van der Waals surface area contributed by atoms with Crippen molar-refractivity contribution in [2.24, 2.45) is 0 Å². The first kappa shape index (κ1) is 23.4. The van der Waals surface area contributed by atoms with Gasteiger partial charge >= 0.3 is 6.18 Å². The second-order valence-electron chi connectivity index (χ2n) is 8.04. The molecular formula is C24H25F3N4OS. The van der Waals surface area contributed by atoms with E-state index < -0.39 is 11.7 Å². The van der Waals surface area contributed by atoms with Crippen LogP contribution in [0.25, 0.3) is 11.0 Å². The molecule has 1 aliphatic carbocycles. The van der Waals surface area contributed by atoms with Gasteiger partial charge in [0.25, 0.3) is 0 Å². The van der Waals surface area contributed by atoms with Crippen LogP contribution in [0.2, 0.25) is 0 Å². The van der Waals surface area contributed by atoms with Crippen molar-refractivity contribution in [2.45, 2.75) is 55.7 Å². The molecule has 1 aromatic carbocycles. The van der Waals surface area contributed by atoms with E-state index in [-0.39, 0.29) is 12.5 Å². The Morgan fingerprint density at radius 3 is 2.88 bits per heavy atom. The maximum atomic E-state index is 13.0. The number of hydrogen-bond acceptors (Lipinski definition) is 4. The van der Waals surface area contributed by atoms with E-state index in [9.17, 15) is 18.0 Å². The second-order valence-corrected chi connectivity index (χ2v) is 8.98. The van der Waals surface area contributed by atoms with E-state index >= 15 is 0 Å². The first-order chi connectivity index (χ1) is 15.9. The van der Waals surface area contributed by atoms with Crippen LogP contribution in [0, 0.1) is 0 Å². The van der Waals surface area contributed by atoms with Crippen LogP contribution in [0.5, 0.6) is 0 Å². The average Bonchev–Trinajstić information content (AvgIpc) is 3.15. The third-order valence-electron chi connectivity index (χ3n) is 5.59. The van der Waals surface area contributed by atoms with E-state index in [0.717, 1.165) is 31.4 Å². The Morgan fingerprint density at radius 1 is 1.21 bits per heavy atom. The highest BCUT2D eigenvalue weighted by atomic mass is 32.2. The highest BCUT2D eigenvalue weighted by Crippen LogP contribution is 2.32. The molecular weight excluding hydrogens is 449 g/mol. The number of imidazole rings is 1. The summed E-state index contributed by atoms with van der Waals surface area (Å²) in [5.74, 6) is 0.173. The summed E-state index contributed by atoms with van der Waals surface area (Å²) < 4.78 is 40.8. The molecule has 0 atom stereocenters. The number of benzene rings is 1. The number of nitrogens with one attached hydrogen (secondary N) is 1. The first-order valence-corrected chi connectivity index (χ1v) is 11.9. The van der Waals surface area contributed by atoms with Crippen LogP contribution in [0.4, 0.5) is 13.2 Å². The van der Waals surface area contributed by atoms with Gasteiger partial charge in [-0.1, -0.05) is 41.6 Å². The zero-order chi connectivity index (χ0) is 23.3. The van der Waals surface area contributed by atoms with Crippen molar-refractivity contribution in [3.05, 3.63) is 65.5 Å². The van der Waals surface area contributed by atoms with Crippen LogP contribution in [0.3, 0.4) is 0 Å². The molecule has 3 aromatic rings. The van der Waals surface area contributed by atoms with Gasteiger partial charge in [0.05, 0.1) is 22.8 Å². The van der Waals surface area contributed by atoms with Crippen molar-refractivity contribution in [1.82, 2.24) is 19.9 Å². The normalized spacial score (nSPS) is 14.3. The molecule has 5 nitrogen and oxygen atoms in total. The number of allylic oxidation sites excluding steroid dienone is 1. The number of alkyl halides is 3. The quantitative estimate of drug-likeness (QED) is 0.334. The van der Waals surface area contributed by atoms with Gasteiger partial charge in [0.15, 0.2) is 5.16 Å². The lowest BCUT2D eigenvalue weighted by Crippen LogP contribution is -2.29. The van der Waals surface area contributed by atoms with E-state index in [4.69, 9.17) is 0 Å². The van der Waals surface area contributed by atoms with E-state index in [1.54, 1.807) is 29.1 Å². The molecule has 1 aliphatic rings. The number of nitrogens with zero attached hydrogens (tertiary/aromatic N) is 3. The minimum Gasteiger partial charge on any atom is -0.354 e. The Balaban J connectivity index is 1.44. The lowest BCUT2D eigenvalue weighted by molar-refractivity contribution is -0.137. The van der Waals surface area contributed by atoms with E-state index in [0.29, 0.717) is 34.1 Å². The average molecular weight is 475 g/mol. The number of rotatable bonds is 8. The van der Waals surface area contributed by atoms with Crippen LogP contribution in [-0.2, 0) is 23.3 Å². The monoisotopic (exact) mass is 474 g/mol. The van der Waals surface area contributed by atoms with Gasteiger partial charge in [-0.3, -0.25) is 9.78 Å². The van der Waals surface area contributed by atoms with Crippen molar-refractivity contribution >= 4 is 28.7 Å². The SMILES string of the molecule is O=C(Cn1c(SCc2cccc(C(F)(F)F)c2)nc2ccncc21)NCCC1=CCCCC1. The van der Waals surface area contributed by atoms with Gasteiger partial charge in [0, 0.05) is 18.5 Å². The highest BCUT2D eigenvalue weighted by Gasteiger charge is 2.30. The first-order valence-electron chi connectivity index (χ1n) is 10.9. The van der Waals surface area contributed by atoms with Crippen LogP contribution in [0.1, 0.15) is 43.2 Å². The van der Waals surface area contributed by atoms with Crippen LogP contribution < -0.4 is 5.32 Å². The largest absolute Gasteiger partial charge is 0.416 e.